The number of hydrogen-bond donors (Lipinski definition) is 3. The Morgan fingerprint density at radius 2 is 1.94 bits per heavy atom. The zero-order chi connectivity index (χ0) is 12.1. The fourth-order valence-electron chi connectivity index (χ4n) is 1.15. The van der Waals surface area contributed by atoms with Crippen LogP contribution < -0.4 is 5.73 Å². The number of thioether (sulfide) groups is 1. The number of hydrogen-bond acceptors (Lipinski definition) is 3. The first kappa shape index (κ1) is 13.1. The minimum absolute atomic E-state index is 0.0940. The third-order valence-electron chi connectivity index (χ3n) is 2.46. The highest BCUT2D eigenvalue weighted by Crippen LogP contribution is 2.20. The number of rotatable bonds is 5. The van der Waals surface area contributed by atoms with E-state index in [-0.39, 0.29) is 17.2 Å². The van der Waals surface area contributed by atoms with Crippen molar-refractivity contribution in [1.29, 1.82) is 5.41 Å². The number of benzene rings is 1. The van der Waals surface area contributed by atoms with Gasteiger partial charge in [0.15, 0.2) is 0 Å². The van der Waals surface area contributed by atoms with E-state index >= 15 is 0 Å². The summed E-state index contributed by atoms with van der Waals surface area (Å²) in [6.45, 7) is 3.82. The minimum atomic E-state index is -0.290. The van der Waals surface area contributed by atoms with E-state index in [1.54, 1.807) is 18.7 Å². The SMILES string of the molecule is CC(O)C(C)SCc1ccc(C(=N)N)cc1. The number of nitrogens with two attached hydrogens (primary N) is 1. The summed E-state index contributed by atoms with van der Waals surface area (Å²) in [6.07, 6.45) is -0.290. The number of amidine groups is 1. The van der Waals surface area contributed by atoms with Gasteiger partial charge in [-0.2, -0.15) is 11.8 Å². The van der Waals surface area contributed by atoms with Crippen molar-refractivity contribution in [3.63, 3.8) is 0 Å². The molecule has 1 aromatic rings. The van der Waals surface area contributed by atoms with Crippen molar-refractivity contribution in [2.45, 2.75) is 31.0 Å². The fourth-order valence-corrected chi connectivity index (χ4v) is 2.07. The van der Waals surface area contributed by atoms with Gasteiger partial charge in [-0.3, -0.25) is 5.41 Å². The minimum Gasteiger partial charge on any atom is -0.392 e. The van der Waals surface area contributed by atoms with Crippen LogP contribution >= 0.6 is 11.8 Å². The molecule has 88 valence electrons. The van der Waals surface area contributed by atoms with Crippen LogP contribution in [0.3, 0.4) is 0 Å². The molecule has 0 bridgehead atoms. The Labute approximate surface area is 101 Å². The van der Waals surface area contributed by atoms with Gasteiger partial charge in [0, 0.05) is 16.6 Å². The van der Waals surface area contributed by atoms with E-state index in [1.165, 1.54) is 5.56 Å². The summed E-state index contributed by atoms with van der Waals surface area (Å²) < 4.78 is 0. The maximum absolute atomic E-state index is 9.35. The summed E-state index contributed by atoms with van der Waals surface area (Å²) in [5.41, 5.74) is 7.30. The van der Waals surface area contributed by atoms with E-state index in [2.05, 4.69) is 0 Å². The van der Waals surface area contributed by atoms with Crippen molar-refractivity contribution in [2.24, 2.45) is 5.73 Å². The van der Waals surface area contributed by atoms with E-state index in [0.717, 1.165) is 11.3 Å². The Kier molecular flexibility index (Phi) is 4.83. The van der Waals surface area contributed by atoms with E-state index in [9.17, 15) is 5.11 Å². The summed E-state index contributed by atoms with van der Waals surface area (Å²) in [5, 5.41) is 16.9. The zero-order valence-electron chi connectivity index (χ0n) is 9.60. The fraction of sp³-hybridized carbons (Fsp3) is 0.417. The lowest BCUT2D eigenvalue weighted by molar-refractivity contribution is 0.196. The predicted molar refractivity (Wildman–Crippen MR) is 69.9 cm³/mol. The first-order valence-electron chi connectivity index (χ1n) is 5.23. The van der Waals surface area contributed by atoms with Crippen molar-refractivity contribution in [3.8, 4) is 0 Å². The summed E-state index contributed by atoms with van der Waals surface area (Å²) in [4.78, 5) is 0. The van der Waals surface area contributed by atoms with Crippen LogP contribution in [0.4, 0.5) is 0 Å². The second kappa shape index (κ2) is 5.92. The molecule has 0 aliphatic rings. The van der Waals surface area contributed by atoms with E-state index in [4.69, 9.17) is 11.1 Å². The largest absolute Gasteiger partial charge is 0.392 e. The van der Waals surface area contributed by atoms with Gasteiger partial charge in [-0.15, -0.1) is 0 Å². The highest BCUT2D eigenvalue weighted by atomic mass is 32.2. The topological polar surface area (TPSA) is 70.1 Å². The summed E-state index contributed by atoms with van der Waals surface area (Å²) in [7, 11) is 0. The molecule has 0 fully saturated rings. The Morgan fingerprint density at radius 3 is 2.38 bits per heavy atom. The van der Waals surface area contributed by atoms with Crippen molar-refractivity contribution >= 4 is 17.6 Å². The molecule has 0 spiro atoms. The molecule has 4 N–H and O–H groups in total. The maximum atomic E-state index is 9.35. The van der Waals surface area contributed by atoms with Crippen LogP contribution in [0.5, 0.6) is 0 Å². The van der Waals surface area contributed by atoms with Crippen LogP contribution in [0.2, 0.25) is 0 Å². The third-order valence-corrected chi connectivity index (χ3v) is 3.88. The smallest absolute Gasteiger partial charge is 0.122 e. The molecule has 1 aromatic carbocycles. The van der Waals surface area contributed by atoms with Crippen LogP contribution in [0.1, 0.15) is 25.0 Å². The van der Waals surface area contributed by atoms with Crippen molar-refractivity contribution in [1.82, 2.24) is 0 Å². The van der Waals surface area contributed by atoms with Crippen molar-refractivity contribution < 1.29 is 5.11 Å². The molecular formula is C12H18N2OS. The quantitative estimate of drug-likeness (QED) is 0.542. The molecule has 0 aliphatic carbocycles. The van der Waals surface area contributed by atoms with Gasteiger partial charge in [-0.25, -0.2) is 0 Å². The molecule has 3 nitrogen and oxygen atoms in total. The highest BCUT2D eigenvalue weighted by Gasteiger charge is 2.08. The van der Waals surface area contributed by atoms with Gasteiger partial charge in [0.1, 0.15) is 5.84 Å². The second-order valence-electron chi connectivity index (χ2n) is 3.87. The number of aliphatic hydroxyl groups excluding tert-OH is 1. The Morgan fingerprint density at radius 1 is 1.38 bits per heavy atom. The van der Waals surface area contributed by atoms with Crippen molar-refractivity contribution in [2.75, 3.05) is 0 Å². The Balaban J connectivity index is 2.53. The van der Waals surface area contributed by atoms with E-state index < -0.39 is 0 Å². The first-order chi connectivity index (χ1) is 7.50. The summed E-state index contributed by atoms with van der Waals surface area (Å²) in [6, 6.07) is 7.65. The molecule has 0 amide bonds. The average molecular weight is 238 g/mol. The van der Waals surface area contributed by atoms with Gasteiger partial charge in [0.25, 0.3) is 0 Å². The monoisotopic (exact) mass is 238 g/mol. The molecule has 16 heavy (non-hydrogen) atoms. The van der Waals surface area contributed by atoms with Gasteiger partial charge >= 0.3 is 0 Å². The molecule has 2 atom stereocenters. The molecule has 2 unspecified atom stereocenters. The number of aliphatic hydroxyl groups is 1. The second-order valence-corrected chi connectivity index (χ2v) is 5.23. The first-order valence-corrected chi connectivity index (χ1v) is 6.28. The molecular weight excluding hydrogens is 220 g/mol. The Bertz CT molecular complexity index is 349. The van der Waals surface area contributed by atoms with E-state index in [0.29, 0.717) is 0 Å². The molecule has 0 saturated carbocycles. The average Bonchev–Trinajstić information content (AvgIpc) is 2.26. The molecule has 0 aromatic heterocycles. The lowest BCUT2D eigenvalue weighted by Crippen LogP contribution is -2.15. The molecule has 0 aliphatic heterocycles. The molecule has 0 radical (unpaired) electrons. The van der Waals surface area contributed by atoms with Gasteiger partial charge in [-0.1, -0.05) is 31.2 Å². The number of nitrogens with one attached hydrogen (secondary N) is 1. The molecule has 0 saturated heterocycles. The van der Waals surface area contributed by atoms with Gasteiger partial charge in [0.2, 0.25) is 0 Å². The summed E-state index contributed by atoms with van der Waals surface area (Å²) >= 11 is 1.72. The van der Waals surface area contributed by atoms with E-state index in [1.807, 2.05) is 31.2 Å². The van der Waals surface area contributed by atoms with Crippen LogP contribution in [0, 0.1) is 5.41 Å². The van der Waals surface area contributed by atoms with Crippen LogP contribution in [0.15, 0.2) is 24.3 Å². The molecule has 1 rings (SSSR count). The lowest BCUT2D eigenvalue weighted by Gasteiger charge is -2.13. The van der Waals surface area contributed by atoms with Crippen LogP contribution in [-0.4, -0.2) is 22.3 Å². The van der Waals surface area contributed by atoms with Crippen molar-refractivity contribution in [3.05, 3.63) is 35.4 Å². The van der Waals surface area contributed by atoms with Crippen LogP contribution in [-0.2, 0) is 5.75 Å². The highest BCUT2D eigenvalue weighted by molar-refractivity contribution is 7.99. The summed E-state index contributed by atoms with van der Waals surface area (Å²) in [5.74, 6) is 0.959. The van der Waals surface area contributed by atoms with Gasteiger partial charge in [0.05, 0.1) is 6.10 Å². The Hall–Kier alpha value is -1.00. The zero-order valence-corrected chi connectivity index (χ0v) is 10.4. The predicted octanol–water partition coefficient (Wildman–Crippen LogP) is 1.97. The molecule has 0 heterocycles. The van der Waals surface area contributed by atoms with Gasteiger partial charge < -0.3 is 10.8 Å². The normalized spacial score (nSPS) is 14.4. The van der Waals surface area contributed by atoms with Gasteiger partial charge in [-0.05, 0) is 12.5 Å². The third kappa shape index (κ3) is 3.87. The molecule has 4 heteroatoms. The van der Waals surface area contributed by atoms with Crippen LogP contribution in [0.25, 0.3) is 0 Å². The number of nitrogen functional groups attached to an aromatic ring is 1. The lowest BCUT2D eigenvalue weighted by atomic mass is 10.1. The standard InChI is InChI=1S/C12H18N2OS/c1-8(15)9(2)16-7-10-3-5-11(6-4-10)12(13)14/h3-6,8-9,15H,7H2,1-2H3,(H3,13,14). The maximum Gasteiger partial charge on any atom is 0.122 e.